The number of ether oxygens (including phenoxy) is 1. The van der Waals surface area contributed by atoms with Crippen LogP contribution in [0, 0.1) is 0 Å². The van der Waals surface area contributed by atoms with E-state index in [0.29, 0.717) is 5.75 Å². The summed E-state index contributed by atoms with van der Waals surface area (Å²) in [5.41, 5.74) is 2.36. The molecule has 0 spiro atoms. The fourth-order valence-electron chi connectivity index (χ4n) is 1.46. The van der Waals surface area contributed by atoms with Gasteiger partial charge in [-0.25, -0.2) is 15.5 Å². The molecule has 3 rings (SSSR count). The topological polar surface area (TPSA) is 134 Å². The third-order valence-corrected chi connectivity index (χ3v) is 2.36. The van der Waals surface area contributed by atoms with Crippen LogP contribution in [-0.4, -0.2) is 46.6 Å². The van der Waals surface area contributed by atoms with Crippen molar-refractivity contribution in [2.75, 3.05) is 12.5 Å². The summed E-state index contributed by atoms with van der Waals surface area (Å²) in [5, 5.41) is 8.03. The highest BCUT2D eigenvalue weighted by Gasteiger charge is 2.11. The monoisotopic (exact) mass is 274 g/mol. The van der Waals surface area contributed by atoms with Gasteiger partial charge in [-0.1, -0.05) is 0 Å². The van der Waals surface area contributed by atoms with Crippen LogP contribution in [0.1, 0.15) is 0 Å². The van der Waals surface area contributed by atoms with Gasteiger partial charge in [-0.05, 0) is 0 Å². The van der Waals surface area contributed by atoms with E-state index in [-0.39, 0.29) is 17.8 Å². The molecule has 0 aliphatic heterocycles. The molecule has 20 heavy (non-hydrogen) atoms. The summed E-state index contributed by atoms with van der Waals surface area (Å²) in [6.45, 7) is 0. The fraction of sp³-hybridized carbons (Fsp3) is 0.111. The quantitative estimate of drug-likeness (QED) is 0.450. The van der Waals surface area contributed by atoms with E-state index in [4.69, 9.17) is 10.6 Å². The highest BCUT2D eigenvalue weighted by molar-refractivity contribution is 5.31. The first-order valence-electron chi connectivity index (χ1n) is 5.47. The summed E-state index contributed by atoms with van der Waals surface area (Å²) in [6, 6.07) is 0. The average Bonchev–Trinajstić information content (AvgIpc) is 3.17. The number of methoxy groups -OCH3 is 1. The summed E-state index contributed by atoms with van der Waals surface area (Å²) in [6.07, 6.45) is 5.99. The molecule has 11 nitrogen and oxygen atoms in total. The first-order valence-corrected chi connectivity index (χ1v) is 5.47. The van der Waals surface area contributed by atoms with Gasteiger partial charge < -0.3 is 4.74 Å². The standard InChI is InChI=1S/C9H10N10O/c1-20-6-2-12-18(3-6)8-14-7(17-10)15-9(16-8)19-5-11-4-13-19/h2-5H,10H2,1H3,(H,14,15,16,17). The second-order valence-corrected chi connectivity index (χ2v) is 3.57. The Labute approximate surface area is 112 Å². The molecule has 102 valence electrons. The zero-order chi connectivity index (χ0) is 13.9. The number of nitrogens with two attached hydrogens (primary N) is 1. The molecule has 0 amide bonds. The van der Waals surface area contributed by atoms with Crippen molar-refractivity contribution in [2.45, 2.75) is 0 Å². The SMILES string of the molecule is COc1cnn(-c2nc(NN)nc(-n3cncn3)n2)c1. The molecule has 0 atom stereocenters. The molecule has 0 radical (unpaired) electrons. The molecule has 0 aliphatic rings. The minimum Gasteiger partial charge on any atom is -0.493 e. The summed E-state index contributed by atoms with van der Waals surface area (Å²) < 4.78 is 7.87. The maximum Gasteiger partial charge on any atom is 0.258 e. The second-order valence-electron chi connectivity index (χ2n) is 3.57. The van der Waals surface area contributed by atoms with Gasteiger partial charge in [0.2, 0.25) is 5.95 Å². The largest absolute Gasteiger partial charge is 0.493 e. The Kier molecular flexibility index (Phi) is 2.93. The van der Waals surface area contributed by atoms with Gasteiger partial charge in [0.1, 0.15) is 12.7 Å². The highest BCUT2D eigenvalue weighted by Crippen LogP contribution is 2.12. The number of hydrogen-bond acceptors (Lipinski definition) is 9. The summed E-state index contributed by atoms with van der Waals surface area (Å²) in [5.74, 6) is 6.63. The number of rotatable bonds is 4. The predicted octanol–water partition coefficient (Wildman–Crippen LogP) is -1.07. The Hall–Kier alpha value is -3.08. The van der Waals surface area contributed by atoms with Crippen LogP contribution in [-0.2, 0) is 0 Å². The van der Waals surface area contributed by atoms with Gasteiger partial charge in [-0.2, -0.15) is 29.8 Å². The first-order chi connectivity index (χ1) is 9.80. The van der Waals surface area contributed by atoms with Crippen molar-refractivity contribution in [1.82, 2.24) is 39.5 Å². The van der Waals surface area contributed by atoms with Crippen LogP contribution in [0.4, 0.5) is 5.95 Å². The first kappa shape index (κ1) is 12.0. The highest BCUT2D eigenvalue weighted by atomic mass is 16.5. The molecular weight excluding hydrogens is 264 g/mol. The molecule has 0 aromatic carbocycles. The van der Waals surface area contributed by atoms with Crippen molar-refractivity contribution in [3.05, 3.63) is 25.0 Å². The van der Waals surface area contributed by atoms with E-state index in [1.165, 1.54) is 28.2 Å². The Balaban J connectivity index is 2.08. The summed E-state index contributed by atoms with van der Waals surface area (Å²) in [7, 11) is 1.54. The van der Waals surface area contributed by atoms with Gasteiger partial charge in [-0.15, -0.1) is 0 Å². The van der Waals surface area contributed by atoms with Gasteiger partial charge in [0.15, 0.2) is 5.75 Å². The van der Waals surface area contributed by atoms with E-state index in [1.54, 1.807) is 13.3 Å². The maximum absolute atomic E-state index is 5.35. The Morgan fingerprint density at radius 2 is 1.95 bits per heavy atom. The minimum absolute atomic E-state index is 0.176. The Morgan fingerprint density at radius 3 is 2.55 bits per heavy atom. The van der Waals surface area contributed by atoms with Gasteiger partial charge >= 0.3 is 0 Å². The molecule has 0 aliphatic carbocycles. The zero-order valence-corrected chi connectivity index (χ0v) is 10.4. The normalized spacial score (nSPS) is 10.5. The maximum atomic E-state index is 5.35. The smallest absolute Gasteiger partial charge is 0.258 e. The number of hydrogen-bond donors (Lipinski definition) is 2. The lowest BCUT2D eigenvalue weighted by atomic mass is 10.6. The van der Waals surface area contributed by atoms with E-state index >= 15 is 0 Å². The van der Waals surface area contributed by atoms with E-state index in [1.807, 2.05) is 0 Å². The zero-order valence-electron chi connectivity index (χ0n) is 10.4. The molecule has 0 bridgehead atoms. The van der Waals surface area contributed by atoms with Crippen LogP contribution < -0.4 is 16.0 Å². The lowest BCUT2D eigenvalue weighted by Gasteiger charge is -2.05. The Bertz CT molecular complexity index is 705. The van der Waals surface area contributed by atoms with Gasteiger partial charge in [0.25, 0.3) is 11.9 Å². The van der Waals surface area contributed by atoms with Crippen LogP contribution in [0.15, 0.2) is 25.0 Å². The predicted molar refractivity (Wildman–Crippen MR) is 66.2 cm³/mol. The van der Waals surface area contributed by atoms with Crippen molar-refractivity contribution < 1.29 is 4.74 Å². The van der Waals surface area contributed by atoms with Crippen molar-refractivity contribution in [2.24, 2.45) is 5.84 Å². The van der Waals surface area contributed by atoms with E-state index in [9.17, 15) is 0 Å². The van der Waals surface area contributed by atoms with Crippen LogP contribution in [0.5, 0.6) is 5.75 Å². The molecule has 11 heteroatoms. The molecule has 0 unspecified atom stereocenters. The Morgan fingerprint density at radius 1 is 1.15 bits per heavy atom. The van der Waals surface area contributed by atoms with E-state index in [2.05, 4.69) is 35.6 Å². The lowest BCUT2D eigenvalue weighted by molar-refractivity contribution is 0.414. The van der Waals surface area contributed by atoms with Gasteiger partial charge in [-0.3, -0.25) is 5.43 Å². The average molecular weight is 274 g/mol. The van der Waals surface area contributed by atoms with E-state index < -0.39 is 0 Å². The molecular formula is C9H10N10O. The molecule has 3 N–H and O–H groups in total. The van der Waals surface area contributed by atoms with Crippen LogP contribution in [0.2, 0.25) is 0 Å². The number of nitrogens with one attached hydrogen (secondary N) is 1. The third-order valence-electron chi connectivity index (χ3n) is 2.36. The van der Waals surface area contributed by atoms with Gasteiger partial charge in [0.05, 0.1) is 19.5 Å². The van der Waals surface area contributed by atoms with Crippen molar-refractivity contribution in [3.8, 4) is 17.6 Å². The second kappa shape index (κ2) is 4.89. The molecule has 3 aromatic rings. The summed E-state index contributed by atoms with van der Waals surface area (Å²) in [4.78, 5) is 16.2. The number of hydrazine groups is 1. The van der Waals surface area contributed by atoms with Crippen molar-refractivity contribution >= 4 is 5.95 Å². The number of nitrogens with zero attached hydrogens (tertiary/aromatic N) is 8. The number of nitrogen functional groups attached to an aromatic ring is 1. The van der Waals surface area contributed by atoms with E-state index in [0.717, 1.165) is 0 Å². The molecule has 0 saturated heterocycles. The number of aromatic nitrogens is 8. The summed E-state index contributed by atoms with van der Waals surface area (Å²) >= 11 is 0. The fourth-order valence-corrected chi connectivity index (χ4v) is 1.46. The lowest BCUT2D eigenvalue weighted by Crippen LogP contribution is -2.16. The van der Waals surface area contributed by atoms with Crippen LogP contribution in [0.3, 0.4) is 0 Å². The molecule has 0 fully saturated rings. The van der Waals surface area contributed by atoms with Crippen molar-refractivity contribution in [1.29, 1.82) is 0 Å². The molecule has 3 aromatic heterocycles. The van der Waals surface area contributed by atoms with Gasteiger partial charge in [0, 0.05) is 0 Å². The molecule has 0 saturated carbocycles. The molecule has 3 heterocycles. The number of anilines is 1. The third kappa shape index (κ3) is 2.12. The van der Waals surface area contributed by atoms with Crippen LogP contribution >= 0.6 is 0 Å². The minimum atomic E-state index is 0.176. The van der Waals surface area contributed by atoms with Crippen molar-refractivity contribution in [3.63, 3.8) is 0 Å². The van der Waals surface area contributed by atoms with Crippen LogP contribution in [0.25, 0.3) is 11.9 Å².